The van der Waals surface area contributed by atoms with Crippen LogP contribution in [0.15, 0.2) is 49.6 Å². The summed E-state index contributed by atoms with van der Waals surface area (Å²) < 4.78 is 0. The number of allylic oxidation sites excluding steroid dienone is 4. The Labute approximate surface area is 127 Å². The molecule has 0 spiro atoms. The molecule has 114 valence electrons. The molecule has 0 bridgehead atoms. The number of hydrogen-bond acceptors (Lipinski definition) is 0. The van der Waals surface area contributed by atoms with E-state index in [1.807, 2.05) is 12.2 Å². The lowest BCUT2D eigenvalue weighted by atomic mass is 10.0. The quantitative estimate of drug-likeness (QED) is 0.220. The number of rotatable bonds is 15. The summed E-state index contributed by atoms with van der Waals surface area (Å²) in [5.41, 5.74) is 2.37. The molecule has 20 heavy (non-hydrogen) atoms. The van der Waals surface area contributed by atoms with Gasteiger partial charge in [0.05, 0.1) is 0 Å². The molecule has 0 rings (SSSR count). The fourth-order valence-electron chi connectivity index (χ4n) is 2.32. The summed E-state index contributed by atoms with van der Waals surface area (Å²) in [5.74, 6) is 0. The molecule has 0 fully saturated rings. The molecule has 0 saturated carbocycles. The lowest BCUT2D eigenvalue weighted by Gasteiger charge is -2.03. The van der Waals surface area contributed by atoms with Gasteiger partial charge in [-0.15, -0.1) is 0 Å². The van der Waals surface area contributed by atoms with Crippen LogP contribution in [-0.4, -0.2) is 0 Å². The van der Waals surface area contributed by atoms with E-state index in [0.29, 0.717) is 0 Å². The Bertz CT molecular complexity index is 252. The van der Waals surface area contributed by atoms with Crippen LogP contribution in [0.25, 0.3) is 0 Å². The first-order chi connectivity index (χ1) is 9.70. The predicted molar refractivity (Wildman–Crippen MR) is 94.1 cm³/mol. The third-order valence-corrected chi connectivity index (χ3v) is 3.82. The Morgan fingerprint density at radius 3 is 1.00 bits per heavy atom. The molecule has 0 aliphatic carbocycles. The molecule has 0 aromatic rings. The molecule has 0 saturated heterocycles. The van der Waals surface area contributed by atoms with Gasteiger partial charge in [-0.05, 0) is 25.7 Å². The molecular weight excluding hydrogens is 240 g/mol. The smallest absolute Gasteiger partial charge is 0.0285 e. The van der Waals surface area contributed by atoms with Gasteiger partial charge in [0.2, 0.25) is 0 Å². The summed E-state index contributed by atoms with van der Waals surface area (Å²) in [7, 11) is 0. The predicted octanol–water partition coefficient (Wildman–Crippen LogP) is 7.15. The van der Waals surface area contributed by atoms with Gasteiger partial charge in [0.15, 0.2) is 0 Å². The van der Waals surface area contributed by atoms with E-state index in [4.69, 9.17) is 0 Å². The van der Waals surface area contributed by atoms with Crippen LogP contribution in [-0.2, 0) is 0 Å². The average molecular weight is 274 g/mol. The van der Waals surface area contributed by atoms with E-state index < -0.39 is 0 Å². The van der Waals surface area contributed by atoms with E-state index in [0.717, 1.165) is 12.8 Å². The summed E-state index contributed by atoms with van der Waals surface area (Å²) in [4.78, 5) is 0. The van der Waals surface area contributed by atoms with Crippen LogP contribution < -0.4 is 0 Å². The van der Waals surface area contributed by atoms with Gasteiger partial charge >= 0.3 is 0 Å². The zero-order valence-electron chi connectivity index (χ0n) is 13.5. The Kier molecular flexibility index (Phi) is 13.6. The second-order valence-electron chi connectivity index (χ2n) is 5.76. The molecule has 0 aromatic heterocycles. The summed E-state index contributed by atoms with van der Waals surface area (Å²) in [5, 5.41) is 0. The van der Waals surface area contributed by atoms with Crippen LogP contribution in [0.1, 0.15) is 77.0 Å². The molecule has 0 atom stereocenters. The largest absolute Gasteiger partial charge is 0.0988 e. The minimum absolute atomic E-state index is 1.12. The Morgan fingerprint density at radius 2 is 0.750 bits per heavy atom. The van der Waals surface area contributed by atoms with E-state index in [2.05, 4.69) is 26.3 Å². The van der Waals surface area contributed by atoms with Crippen molar-refractivity contribution in [3.05, 3.63) is 49.6 Å². The van der Waals surface area contributed by atoms with Gasteiger partial charge in [0.25, 0.3) is 0 Å². The summed E-state index contributed by atoms with van der Waals surface area (Å²) in [6.07, 6.45) is 19.6. The standard InChI is InChI=1S/C20H34/c1-5-19(3)17-15-13-11-9-7-8-10-12-14-16-18-20(4)6-2/h5-6H,1-4,7-18H2. The van der Waals surface area contributed by atoms with Gasteiger partial charge in [0, 0.05) is 0 Å². The topological polar surface area (TPSA) is 0 Å². The fraction of sp³-hybridized carbons (Fsp3) is 0.600. The van der Waals surface area contributed by atoms with Crippen molar-refractivity contribution in [1.82, 2.24) is 0 Å². The molecule has 0 aliphatic heterocycles. The highest BCUT2D eigenvalue weighted by Crippen LogP contribution is 2.14. The minimum Gasteiger partial charge on any atom is -0.0988 e. The van der Waals surface area contributed by atoms with Crippen LogP contribution in [0.2, 0.25) is 0 Å². The van der Waals surface area contributed by atoms with Crippen molar-refractivity contribution in [2.45, 2.75) is 77.0 Å². The van der Waals surface area contributed by atoms with Crippen molar-refractivity contribution in [3.63, 3.8) is 0 Å². The Morgan fingerprint density at radius 1 is 0.500 bits per heavy atom. The molecule has 0 nitrogen and oxygen atoms in total. The average Bonchev–Trinajstić information content (AvgIpc) is 2.47. The van der Waals surface area contributed by atoms with Crippen molar-refractivity contribution in [3.8, 4) is 0 Å². The molecule has 0 amide bonds. The van der Waals surface area contributed by atoms with Crippen LogP contribution in [0.4, 0.5) is 0 Å². The minimum atomic E-state index is 1.12. The van der Waals surface area contributed by atoms with Gasteiger partial charge in [-0.2, -0.15) is 0 Å². The Hall–Kier alpha value is -1.04. The highest BCUT2D eigenvalue weighted by Gasteiger charge is 1.94. The van der Waals surface area contributed by atoms with E-state index >= 15 is 0 Å². The lowest BCUT2D eigenvalue weighted by Crippen LogP contribution is -1.84. The van der Waals surface area contributed by atoms with Crippen molar-refractivity contribution >= 4 is 0 Å². The summed E-state index contributed by atoms with van der Waals surface area (Å²) in [6, 6.07) is 0. The third kappa shape index (κ3) is 13.4. The maximum atomic E-state index is 3.94. The zero-order valence-corrected chi connectivity index (χ0v) is 13.5. The van der Waals surface area contributed by atoms with Crippen molar-refractivity contribution in [2.24, 2.45) is 0 Å². The van der Waals surface area contributed by atoms with Crippen molar-refractivity contribution < 1.29 is 0 Å². The van der Waals surface area contributed by atoms with Crippen molar-refractivity contribution in [1.29, 1.82) is 0 Å². The monoisotopic (exact) mass is 274 g/mol. The van der Waals surface area contributed by atoms with E-state index in [1.54, 1.807) is 0 Å². The second-order valence-corrected chi connectivity index (χ2v) is 5.76. The molecule has 0 N–H and O–H groups in total. The SMILES string of the molecule is C=CC(=C)CCCCCCCCCCCCC(=C)C=C. The third-order valence-electron chi connectivity index (χ3n) is 3.82. The normalized spacial score (nSPS) is 10.2. The molecule has 0 aromatic carbocycles. The van der Waals surface area contributed by atoms with E-state index in [-0.39, 0.29) is 0 Å². The van der Waals surface area contributed by atoms with Gasteiger partial charge in [-0.3, -0.25) is 0 Å². The van der Waals surface area contributed by atoms with Crippen LogP contribution in [0, 0.1) is 0 Å². The zero-order chi connectivity index (χ0) is 15.1. The first-order valence-corrected chi connectivity index (χ1v) is 8.31. The molecule has 0 heterocycles. The highest BCUT2D eigenvalue weighted by atomic mass is 14.0. The van der Waals surface area contributed by atoms with Crippen LogP contribution in [0.3, 0.4) is 0 Å². The molecule has 0 heteroatoms. The van der Waals surface area contributed by atoms with Crippen molar-refractivity contribution in [2.75, 3.05) is 0 Å². The van der Waals surface area contributed by atoms with Gasteiger partial charge in [-0.25, -0.2) is 0 Å². The molecule has 0 radical (unpaired) electrons. The first kappa shape index (κ1) is 19.0. The van der Waals surface area contributed by atoms with Crippen LogP contribution in [0.5, 0.6) is 0 Å². The molecular formula is C20H34. The second kappa shape index (κ2) is 14.4. The number of hydrogen-bond donors (Lipinski definition) is 0. The van der Waals surface area contributed by atoms with Gasteiger partial charge in [-0.1, -0.05) is 101 Å². The fourth-order valence-corrected chi connectivity index (χ4v) is 2.32. The van der Waals surface area contributed by atoms with Gasteiger partial charge in [0.1, 0.15) is 0 Å². The first-order valence-electron chi connectivity index (χ1n) is 8.31. The van der Waals surface area contributed by atoms with E-state index in [9.17, 15) is 0 Å². The maximum Gasteiger partial charge on any atom is -0.0285 e. The van der Waals surface area contributed by atoms with Gasteiger partial charge < -0.3 is 0 Å². The molecule has 0 aliphatic rings. The highest BCUT2D eigenvalue weighted by molar-refractivity contribution is 5.10. The maximum absolute atomic E-state index is 3.94. The van der Waals surface area contributed by atoms with E-state index in [1.165, 1.54) is 75.4 Å². The summed E-state index contributed by atoms with van der Waals surface area (Å²) in [6.45, 7) is 15.4. The summed E-state index contributed by atoms with van der Waals surface area (Å²) >= 11 is 0. The lowest BCUT2D eigenvalue weighted by molar-refractivity contribution is 0.552. The van der Waals surface area contributed by atoms with Crippen LogP contribution >= 0.6 is 0 Å². The molecule has 0 unspecified atom stereocenters. The Balaban J connectivity index is 3.09. The number of unbranched alkanes of at least 4 members (excludes halogenated alkanes) is 9.